The Kier molecular flexibility index (Phi) is 6.18. The molecule has 2 aromatic rings. The molecule has 1 atom stereocenters. The Hall–Kier alpha value is -2.33. The third-order valence-electron chi connectivity index (χ3n) is 3.66. The molecule has 0 amide bonds. The lowest BCUT2D eigenvalue weighted by Crippen LogP contribution is -2.26. The van der Waals surface area contributed by atoms with E-state index >= 15 is 0 Å². The van der Waals surface area contributed by atoms with Crippen LogP contribution in [0.4, 0.5) is 5.69 Å². The Morgan fingerprint density at radius 3 is 2.52 bits per heavy atom. The lowest BCUT2D eigenvalue weighted by molar-refractivity contribution is -0.150. The van der Waals surface area contributed by atoms with Crippen molar-refractivity contribution in [3.05, 3.63) is 54.1 Å². The summed E-state index contributed by atoms with van der Waals surface area (Å²) >= 11 is 0. The number of carbonyl (C=O) groups is 1. The van der Waals surface area contributed by atoms with Crippen molar-refractivity contribution in [2.75, 3.05) is 19.0 Å². The molecule has 0 saturated heterocycles. The summed E-state index contributed by atoms with van der Waals surface area (Å²) in [7, 11) is 1.89. The van der Waals surface area contributed by atoms with Gasteiger partial charge in [0.05, 0.1) is 0 Å². The molecule has 0 aliphatic carbocycles. The maximum Gasteiger partial charge on any atom is 0.333 e. The summed E-state index contributed by atoms with van der Waals surface area (Å²) in [6.07, 6.45) is 0.407. The third-order valence-corrected chi connectivity index (χ3v) is 3.66. The van der Waals surface area contributed by atoms with Crippen molar-refractivity contribution < 1.29 is 14.6 Å². The number of aliphatic carboxylic acids is 1. The molecule has 0 aliphatic heterocycles. The van der Waals surface area contributed by atoms with Gasteiger partial charge in [-0.1, -0.05) is 43.3 Å². The zero-order chi connectivity index (χ0) is 16.7. The molecule has 2 aromatic carbocycles. The Balaban J connectivity index is 2.10. The van der Waals surface area contributed by atoms with Crippen LogP contribution in [0.1, 0.15) is 18.9 Å². The Labute approximate surface area is 137 Å². The molecule has 122 valence electrons. The summed E-state index contributed by atoms with van der Waals surface area (Å²) in [5.41, 5.74) is 4.25. The topological polar surface area (TPSA) is 58.6 Å². The molecule has 4 nitrogen and oxygen atoms in total. The fourth-order valence-electron chi connectivity index (χ4n) is 2.38. The van der Waals surface area contributed by atoms with E-state index in [9.17, 15) is 9.90 Å². The number of rotatable bonds is 8. The lowest BCUT2D eigenvalue weighted by Gasteiger charge is -2.13. The van der Waals surface area contributed by atoms with Crippen molar-refractivity contribution in [3.8, 4) is 11.1 Å². The van der Waals surface area contributed by atoms with Crippen LogP contribution in [-0.2, 0) is 16.0 Å². The van der Waals surface area contributed by atoms with Crippen LogP contribution in [0.15, 0.2) is 48.5 Å². The van der Waals surface area contributed by atoms with E-state index in [2.05, 4.69) is 17.4 Å². The quantitative estimate of drug-likeness (QED) is 0.778. The molecule has 1 unspecified atom stereocenters. The van der Waals surface area contributed by atoms with Crippen LogP contribution in [0.3, 0.4) is 0 Å². The molecule has 2 N–H and O–H groups in total. The highest BCUT2D eigenvalue weighted by atomic mass is 16.5. The molecule has 0 fully saturated rings. The first-order chi connectivity index (χ1) is 11.1. The highest BCUT2D eigenvalue weighted by Crippen LogP contribution is 2.23. The van der Waals surface area contributed by atoms with Gasteiger partial charge in [0.2, 0.25) is 0 Å². The van der Waals surface area contributed by atoms with Crippen LogP contribution in [-0.4, -0.2) is 30.8 Å². The van der Waals surface area contributed by atoms with Gasteiger partial charge in [-0.2, -0.15) is 0 Å². The van der Waals surface area contributed by atoms with E-state index in [1.807, 2.05) is 50.4 Å². The van der Waals surface area contributed by atoms with Crippen LogP contribution in [0, 0.1) is 0 Å². The number of hydrogen-bond acceptors (Lipinski definition) is 3. The third kappa shape index (κ3) is 4.83. The van der Waals surface area contributed by atoms with Gasteiger partial charge in [-0.15, -0.1) is 0 Å². The van der Waals surface area contributed by atoms with Gasteiger partial charge in [0.25, 0.3) is 0 Å². The van der Waals surface area contributed by atoms with Gasteiger partial charge in [0.1, 0.15) is 0 Å². The maximum atomic E-state index is 11.2. The molecule has 0 heterocycles. The van der Waals surface area contributed by atoms with E-state index in [1.165, 1.54) is 0 Å². The van der Waals surface area contributed by atoms with E-state index in [0.717, 1.165) is 28.8 Å². The summed E-state index contributed by atoms with van der Waals surface area (Å²) in [5.74, 6) is -0.913. The predicted octanol–water partition coefficient (Wildman–Crippen LogP) is 3.82. The first-order valence-electron chi connectivity index (χ1n) is 7.85. The van der Waals surface area contributed by atoms with Gasteiger partial charge >= 0.3 is 5.97 Å². The highest BCUT2D eigenvalue weighted by molar-refractivity contribution is 5.73. The second kappa shape index (κ2) is 8.34. The number of benzene rings is 2. The minimum Gasteiger partial charge on any atom is -0.479 e. The first-order valence-corrected chi connectivity index (χ1v) is 7.85. The van der Waals surface area contributed by atoms with Crippen molar-refractivity contribution in [2.24, 2.45) is 0 Å². The van der Waals surface area contributed by atoms with Gasteiger partial charge < -0.3 is 15.2 Å². The van der Waals surface area contributed by atoms with Crippen LogP contribution in [0.2, 0.25) is 0 Å². The van der Waals surface area contributed by atoms with E-state index in [1.54, 1.807) is 0 Å². The monoisotopic (exact) mass is 313 g/mol. The molecule has 0 radical (unpaired) electrons. The fraction of sp³-hybridized carbons (Fsp3) is 0.316. The molecule has 0 aromatic heterocycles. The Bertz CT molecular complexity index is 637. The molecule has 0 aliphatic rings. The average molecular weight is 313 g/mol. The second-order valence-electron chi connectivity index (χ2n) is 5.43. The normalized spacial score (nSPS) is 11.9. The van der Waals surface area contributed by atoms with E-state index in [-0.39, 0.29) is 0 Å². The zero-order valence-corrected chi connectivity index (χ0v) is 13.6. The largest absolute Gasteiger partial charge is 0.479 e. The summed E-state index contributed by atoms with van der Waals surface area (Å²) in [4.78, 5) is 11.2. The number of carboxylic acid groups (broad SMARTS) is 1. The number of hydrogen-bond donors (Lipinski definition) is 2. The van der Waals surface area contributed by atoms with Gasteiger partial charge in [0, 0.05) is 25.8 Å². The van der Waals surface area contributed by atoms with Crippen LogP contribution in [0.25, 0.3) is 11.1 Å². The summed E-state index contributed by atoms with van der Waals surface area (Å²) < 4.78 is 5.39. The first kappa shape index (κ1) is 17.0. The highest BCUT2D eigenvalue weighted by Gasteiger charge is 2.18. The SMILES string of the molecule is CCCOC(Cc1ccc(-c2cccc(NC)c2)cc1)C(=O)O. The van der Waals surface area contributed by atoms with Crippen molar-refractivity contribution >= 4 is 11.7 Å². The number of nitrogens with one attached hydrogen (secondary N) is 1. The van der Waals surface area contributed by atoms with Gasteiger partial charge in [0.15, 0.2) is 6.10 Å². The summed E-state index contributed by atoms with van der Waals surface area (Å²) in [5, 5.41) is 12.3. The predicted molar refractivity (Wildman–Crippen MR) is 92.8 cm³/mol. The summed E-state index contributed by atoms with van der Waals surface area (Å²) in [6.45, 7) is 2.43. The number of ether oxygens (including phenoxy) is 1. The van der Waals surface area contributed by atoms with E-state index in [4.69, 9.17) is 4.74 Å². The maximum absolute atomic E-state index is 11.2. The lowest BCUT2D eigenvalue weighted by atomic mass is 10.0. The minimum absolute atomic E-state index is 0.381. The zero-order valence-electron chi connectivity index (χ0n) is 13.6. The van der Waals surface area contributed by atoms with E-state index < -0.39 is 12.1 Å². The van der Waals surface area contributed by atoms with Crippen molar-refractivity contribution in [3.63, 3.8) is 0 Å². The van der Waals surface area contributed by atoms with Gasteiger partial charge in [-0.25, -0.2) is 4.79 Å². The number of anilines is 1. The second-order valence-corrected chi connectivity index (χ2v) is 5.43. The van der Waals surface area contributed by atoms with Crippen LogP contribution >= 0.6 is 0 Å². The minimum atomic E-state index is -0.913. The molecule has 0 saturated carbocycles. The summed E-state index contributed by atoms with van der Waals surface area (Å²) in [6, 6.07) is 16.1. The molecule has 2 rings (SSSR count). The average Bonchev–Trinajstić information content (AvgIpc) is 2.59. The van der Waals surface area contributed by atoms with Gasteiger partial charge in [-0.3, -0.25) is 0 Å². The Morgan fingerprint density at radius 2 is 1.91 bits per heavy atom. The Morgan fingerprint density at radius 1 is 1.17 bits per heavy atom. The van der Waals surface area contributed by atoms with Crippen molar-refractivity contribution in [1.29, 1.82) is 0 Å². The van der Waals surface area contributed by atoms with Crippen molar-refractivity contribution in [1.82, 2.24) is 0 Å². The molecule has 0 bridgehead atoms. The molecular weight excluding hydrogens is 290 g/mol. The fourth-order valence-corrected chi connectivity index (χ4v) is 2.38. The smallest absolute Gasteiger partial charge is 0.333 e. The van der Waals surface area contributed by atoms with E-state index in [0.29, 0.717) is 13.0 Å². The molecule has 0 spiro atoms. The van der Waals surface area contributed by atoms with Crippen LogP contribution < -0.4 is 5.32 Å². The van der Waals surface area contributed by atoms with Crippen molar-refractivity contribution in [2.45, 2.75) is 25.9 Å². The van der Waals surface area contributed by atoms with Gasteiger partial charge in [-0.05, 0) is 35.2 Å². The molecule has 4 heteroatoms. The molecule has 23 heavy (non-hydrogen) atoms. The van der Waals surface area contributed by atoms with Crippen LogP contribution in [0.5, 0.6) is 0 Å². The standard InChI is InChI=1S/C19H23NO3/c1-3-11-23-18(19(21)22)12-14-7-9-15(10-8-14)16-5-4-6-17(13-16)20-2/h4-10,13,18,20H,3,11-12H2,1-2H3,(H,21,22). The number of carboxylic acids is 1. The molecular formula is C19H23NO3.